The van der Waals surface area contributed by atoms with Gasteiger partial charge in [0.1, 0.15) is 13.2 Å². The highest BCUT2D eigenvalue weighted by Crippen LogP contribution is 2.37. The van der Waals surface area contributed by atoms with Crippen molar-refractivity contribution in [3.63, 3.8) is 0 Å². The smallest absolute Gasteiger partial charge is 0.338 e. The lowest BCUT2D eigenvalue weighted by molar-refractivity contribution is 0.0427. The van der Waals surface area contributed by atoms with Crippen LogP contribution in [0.2, 0.25) is 0 Å². The van der Waals surface area contributed by atoms with Gasteiger partial charge in [-0.1, -0.05) is 21.6 Å². The minimum atomic E-state index is -0.466. The average molecular weight is 394 g/mol. The molecule has 0 atom stereocenters. The maximum Gasteiger partial charge on any atom is 0.338 e. The van der Waals surface area contributed by atoms with Gasteiger partial charge in [-0.05, 0) is 48.5 Å². The number of carbonyl (C=O) groups is 2. The lowest BCUT2D eigenvalue weighted by Crippen LogP contribution is -2.08. The van der Waals surface area contributed by atoms with Gasteiger partial charge < -0.3 is 19.7 Å². The number of aliphatic hydroxyl groups is 2. The summed E-state index contributed by atoms with van der Waals surface area (Å²) in [5.74, 6) is -0.932. The molecule has 6 nitrogen and oxygen atoms in total. The highest BCUT2D eigenvalue weighted by molar-refractivity contribution is 8.76. The van der Waals surface area contributed by atoms with Crippen molar-refractivity contribution in [3.05, 3.63) is 59.7 Å². The fraction of sp³-hybridized carbons (Fsp3) is 0.222. The molecule has 138 valence electrons. The summed E-state index contributed by atoms with van der Waals surface area (Å²) in [6, 6.07) is 13.9. The maximum absolute atomic E-state index is 11.6. The number of hydrogen-bond acceptors (Lipinski definition) is 8. The SMILES string of the molecule is O=C(OCCO)c1ccc(SSc2ccc(C(=O)OCCO)cc2)cc1. The largest absolute Gasteiger partial charge is 0.460 e. The van der Waals surface area contributed by atoms with E-state index in [-0.39, 0.29) is 26.4 Å². The summed E-state index contributed by atoms with van der Waals surface area (Å²) in [6.45, 7) is -0.439. The third-order valence-electron chi connectivity index (χ3n) is 3.06. The van der Waals surface area contributed by atoms with Gasteiger partial charge in [0, 0.05) is 9.79 Å². The maximum atomic E-state index is 11.6. The van der Waals surface area contributed by atoms with E-state index in [0.717, 1.165) is 9.79 Å². The topological polar surface area (TPSA) is 93.1 Å². The van der Waals surface area contributed by atoms with Crippen molar-refractivity contribution in [1.82, 2.24) is 0 Å². The van der Waals surface area contributed by atoms with Crippen LogP contribution >= 0.6 is 21.6 Å². The monoisotopic (exact) mass is 394 g/mol. The van der Waals surface area contributed by atoms with E-state index >= 15 is 0 Å². The third kappa shape index (κ3) is 6.38. The van der Waals surface area contributed by atoms with Gasteiger partial charge in [-0.25, -0.2) is 9.59 Å². The van der Waals surface area contributed by atoms with Gasteiger partial charge >= 0.3 is 11.9 Å². The molecule has 0 heterocycles. The molecule has 0 spiro atoms. The molecule has 0 saturated carbocycles. The van der Waals surface area contributed by atoms with E-state index in [2.05, 4.69) is 0 Å². The van der Waals surface area contributed by atoms with Crippen molar-refractivity contribution in [2.24, 2.45) is 0 Å². The predicted molar refractivity (Wildman–Crippen MR) is 99.3 cm³/mol. The number of rotatable bonds is 9. The highest BCUT2D eigenvalue weighted by Gasteiger charge is 2.08. The molecule has 0 aliphatic rings. The first-order valence-electron chi connectivity index (χ1n) is 7.74. The van der Waals surface area contributed by atoms with E-state index in [0.29, 0.717) is 11.1 Å². The molecular formula is C18H18O6S2. The Hall–Kier alpha value is -2.00. The van der Waals surface area contributed by atoms with Gasteiger partial charge in [-0.2, -0.15) is 0 Å². The molecule has 0 aliphatic heterocycles. The second-order valence-electron chi connectivity index (χ2n) is 4.93. The van der Waals surface area contributed by atoms with Gasteiger partial charge in [-0.3, -0.25) is 0 Å². The number of hydrogen-bond donors (Lipinski definition) is 2. The van der Waals surface area contributed by atoms with Crippen molar-refractivity contribution in [2.75, 3.05) is 26.4 Å². The molecule has 2 N–H and O–H groups in total. The molecule has 2 aromatic carbocycles. The van der Waals surface area contributed by atoms with Gasteiger partial charge in [0.05, 0.1) is 24.3 Å². The van der Waals surface area contributed by atoms with Crippen LogP contribution in [0, 0.1) is 0 Å². The third-order valence-corrected chi connectivity index (χ3v) is 5.48. The van der Waals surface area contributed by atoms with Crippen molar-refractivity contribution in [3.8, 4) is 0 Å². The van der Waals surface area contributed by atoms with Crippen LogP contribution in [0.3, 0.4) is 0 Å². The zero-order valence-corrected chi connectivity index (χ0v) is 15.4. The van der Waals surface area contributed by atoms with Crippen LogP contribution in [0.15, 0.2) is 58.3 Å². The molecule has 0 amide bonds. The second kappa shape index (κ2) is 10.9. The van der Waals surface area contributed by atoms with Crippen LogP contribution in [-0.4, -0.2) is 48.6 Å². The molecule has 0 saturated heterocycles. The van der Waals surface area contributed by atoms with Crippen molar-refractivity contribution in [1.29, 1.82) is 0 Å². The van der Waals surface area contributed by atoms with E-state index in [1.807, 2.05) is 24.3 Å². The number of esters is 2. The molecule has 0 aliphatic carbocycles. The van der Waals surface area contributed by atoms with Gasteiger partial charge in [0.2, 0.25) is 0 Å². The number of aliphatic hydroxyl groups excluding tert-OH is 2. The molecule has 0 fully saturated rings. The molecular weight excluding hydrogens is 376 g/mol. The average Bonchev–Trinajstić information content (AvgIpc) is 2.69. The summed E-state index contributed by atoms with van der Waals surface area (Å²) in [6.07, 6.45) is 0. The normalized spacial score (nSPS) is 10.4. The van der Waals surface area contributed by atoms with Gasteiger partial charge in [-0.15, -0.1) is 0 Å². The lowest BCUT2D eigenvalue weighted by Gasteiger charge is -2.05. The van der Waals surface area contributed by atoms with Crippen LogP contribution in [0.4, 0.5) is 0 Å². The van der Waals surface area contributed by atoms with E-state index in [4.69, 9.17) is 19.7 Å². The number of ether oxygens (including phenoxy) is 2. The molecule has 2 aromatic rings. The Bertz CT molecular complexity index is 652. The van der Waals surface area contributed by atoms with Gasteiger partial charge in [0.15, 0.2) is 0 Å². The summed E-state index contributed by atoms with van der Waals surface area (Å²) < 4.78 is 9.70. The summed E-state index contributed by atoms with van der Waals surface area (Å²) in [7, 11) is 3.03. The van der Waals surface area contributed by atoms with E-state index in [9.17, 15) is 9.59 Å². The molecule has 26 heavy (non-hydrogen) atoms. The Morgan fingerprint density at radius 2 is 1.04 bits per heavy atom. The zero-order valence-electron chi connectivity index (χ0n) is 13.8. The van der Waals surface area contributed by atoms with Crippen LogP contribution in [0.5, 0.6) is 0 Å². The van der Waals surface area contributed by atoms with E-state index in [1.54, 1.807) is 24.3 Å². The first kappa shape index (κ1) is 20.3. The first-order valence-corrected chi connectivity index (χ1v) is 9.89. The number of benzene rings is 2. The van der Waals surface area contributed by atoms with Crippen LogP contribution in [0.1, 0.15) is 20.7 Å². The Kier molecular flexibility index (Phi) is 8.49. The molecule has 2 rings (SSSR count). The van der Waals surface area contributed by atoms with Crippen molar-refractivity contribution >= 4 is 33.5 Å². The summed E-state index contributed by atoms with van der Waals surface area (Å²) in [5, 5.41) is 17.3. The molecule has 0 radical (unpaired) electrons. The fourth-order valence-corrected chi connectivity index (χ4v) is 3.76. The predicted octanol–water partition coefficient (Wildman–Crippen LogP) is 2.78. The van der Waals surface area contributed by atoms with Crippen molar-refractivity contribution in [2.45, 2.75) is 9.79 Å². The summed E-state index contributed by atoms with van der Waals surface area (Å²) >= 11 is 0. The molecule has 0 aromatic heterocycles. The van der Waals surface area contributed by atoms with Crippen LogP contribution in [0.25, 0.3) is 0 Å². The quantitative estimate of drug-likeness (QED) is 0.495. The minimum absolute atomic E-state index is 0.0191. The molecule has 0 bridgehead atoms. The second-order valence-corrected chi connectivity index (χ2v) is 7.21. The van der Waals surface area contributed by atoms with Crippen molar-refractivity contribution < 1.29 is 29.3 Å². The molecule has 0 unspecified atom stereocenters. The van der Waals surface area contributed by atoms with Crippen LogP contribution < -0.4 is 0 Å². The lowest BCUT2D eigenvalue weighted by atomic mass is 10.2. The number of carbonyl (C=O) groups excluding carboxylic acids is 2. The Balaban J connectivity index is 1.86. The Morgan fingerprint density at radius 3 is 1.35 bits per heavy atom. The Morgan fingerprint density at radius 1 is 0.692 bits per heavy atom. The van der Waals surface area contributed by atoms with E-state index in [1.165, 1.54) is 21.6 Å². The standard InChI is InChI=1S/C18H18O6S2/c19-9-11-23-17(21)13-1-5-15(6-2-13)25-26-16-7-3-14(4-8-16)18(22)24-12-10-20/h1-8,19-20H,9-12H2. The molecule has 8 heteroatoms. The first-order chi connectivity index (χ1) is 12.6. The highest BCUT2D eigenvalue weighted by atomic mass is 33.1. The van der Waals surface area contributed by atoms with E-state index < -0.39 is 11.9 Å². The Labute approximate surface area is 158 Å². The van der Waals surface area contributed by atoms with Gasteiger partial charge in [0.25, 0.3) is 0 Å². The zero-order chi connectivity index (χ0) is 18.8. The minimum Gasteiger partial charge on any atom is -0.460 e. The summed E-state index contributed by atoms with van der Waals surface area (Å²) in [5.41, 5.74) is 0.858. The summed E-state index contributed by atoms with van der Waals surface area (Å²) in [4.78, 5) is 25.2. The fourth-order valence-electron chi connectivity index (χ4n) is 1.83. The van der Waals surface area contributed by atoms with Crippen LogP contribution in [-0.2, 0) is 9.47 Å².